The molecule has 1 saturated heterocycles. The number of hydrogen-bond acceptors (Lipinski definition) is 4. The molecule has 0 aliphatic carbocycles. The van der Waals surface area contributed by atoms with Crippen molar-refractivity contribution in [1.82, 2.24) is 24.3 Å². The van der Waals surface area contributed by atoms with E-state index in [2.05, 4.69) is 26.4 Å². The number of nitrogens with zero attached hydrogens (tertiary/aromatic N) is 5. The second-order valence-corrected chi connectivity index (χ2v) is 5.41. The van der Waals surface area contributed by atoms with Crippen LogP contribution in [0.5, 0.6) is 0 Å². The Kier molecular flexibility index (Phi) is 4.48. The third kappa shape index (κ3) is 3.17. The van der Waals surface area contributed by atoms with Crippen molar-refractivity contribution < 1.29 is 4.79 Å². The van der Waals surface area contributed by atoms with Gasteiger partial charge < -0.3 is 9.47 Å². The third-order valence-electron chi connectivity index (χ3n) is 4.05. The monoisotopic (exact) mass is 299 g/mol. The van der Waals surface area contributed by atoms with Crippen molar-refractivity contribution in [2.45, 2.75) is 20.0 Å². The van der Waals surface area contributed by atoms with Gasteiger partial charge >= 0.3 is 0 Å². The molecule has 0 bridgehead atoms. The van der Waals surface area contributed by atoms with Crippen molar-refractivity contribution >= 4 is 5.91 Å². The summed E-state index contributed by atoms with van der Waals surface area (Å²) in [5.41, 5.74) is 0.525. The maximum Gasteiger partial charge on any atom is 0.272 e. The summed E-state index contributed by atoms with van der Waals surface area (Å²) in [4.78, 5) is 25.1. The van der Waals surface area contributed by atoms with E-state index in [0.29, 0.717) is 5.69 Å². The largest absolute Gasteiger partial charge is 0.335 e. The summed E-state index contributed by atoms with van der Waals surface area (Å²) >= 11 is 0. The van der Waals surface area contributed by atoms with E-state index in [0.717, 1.165) is 45.1 Å². The van der Waals surface area contributed by atoms with Gasteiger partial charge in [0.1, 0.15) is 11.5 Å². The highest BCUT2D eigenvalue weighted by atomic mass is 16.2. The Bertz CT molecular complexity index is 616. The number of amides is 1. The molecule has 6 nitrogen and oxygen atoms in total. The molecule has 22 heavy (non-hydrogen) atoms. The molecular formula is C16H21N5O. The fourth-order valence-electron chi connectivity index (χ4n) is 2.74. The van der Waals surface area contributed by atoms with E-state index in [4.69, 9.17) is 0 Å². The smallest absolute Gasteiger partial charge is 0.272 e. The summed E-state index contributed by atoms with van der Waals surface area (Å²) in [5.74, 6) is 1.11. The number of aryl methyl sites for hydroxylation is 1. The number of pyridine rings is 1. The van der Waals surface area contributed by atoms with Crippen LogP contribution in [0, 0.1) is 0 Å². The third-order valence-corrected chi connectivity index (χ3v) is 4.05. The standard InChI is InChI=1S/C16H21N5O/c1-2-20-8-7-18-15(20)13-19-9-11-21(12-10-19)16(22)14-5-3-4-6-17-14/h3-8H,2,9-13H2,1H3. The molecule has 116 valence electrons. The highest BCUT2D eigenvalue weighted by Crippen LogP contribution is 2.10. The average molecular weight is 299 g/mol. The molecule has 0 saturated carbocycles. The molecular weight excluding hydrogens is 278 g/mol. The lowest BCUT2D eigenvalue weighted by molar-refractivity contribution is 0.0618. The number of imidazole rings is 1. The van der Waals surface area contributed by atoms with Gasteiger partial charge in [-0.1, -0.05) is 6.07 Å². The van der Waals surface area contributed by atoms with Gasteiger partial charge in [0.15, 0.2) is 0 Å². The summed E-state index contributed by atoms with van der Waals surface area (Å²) in [7, 11) is 0. The number of rotatable bonds is 4. The van der Waals surface area contributed by atoms with Gasteiger partial charge in [0.25, 0.3) is 5.91 Å². The van der Waals surface area contributed by atoms with E-state index in [1.54, 1.807) is 12.3 Å². The van der Waals surface area contributed by atoms with Gasteiger partial charge in [0.2, 0.25) is 0 Å². The lowest BCUT2D eigenvalue weighted by Gasteiger charge is -2.34. The first-order valence-electron chi connectivity index (χ1n) is 7.70. The van der Waals surface area contributed by atoms with E-state index in [-0.39, 0.29) is 5.91 Å². The number of carbonyl (C=O) groups excluding carboxylic acids is 1. The fraction of sp³-hybridized carbons (Fsp3) is 0.438. The van der Waals surface area contributed by atoms with Crippen molar-refractivity contribution in [3.8, 4) is 0 Å². The van der Waals surface area contributed by atoms with Gasteiger partial charge in [-0.25, -0.2) is 4.98 Å². The summed E-state index contributed by atoms with van der Waals surface area (Å²) in [5, 5.41) is 0. The van der Waals surface area contributed by atoms with Crippen LogP contribution in [0.4, 0.5) is 0 Å². The molecule has 1 fully saturated rings. The lowest BCUT2D eigenvalue weighted by atomic mass is 10.2. The minimum atomic E-state index is 0.0234. The second kappa shape index (κ2) is 6.70. The number of piperazine rings is 1. The van der Waals surface area contributed by atoms with E-state index < -0.39 is 0 Å². The molecule has 0 atom stereocenters. The minimum Gasteiger partial charge on any atom is -0.335 e. The van der Waals surface area contributed by atoms with Crippen molar-refractivity contribution in [3.63, 3.8) is 0 Å². The first kappa shape index (κ1) is 14.7. The molecule has 1 aliphatic rings. The van der Waals surface area contributed by atoms with Gasteiger partial charge in [-0.15, -0.1) is 0 Å². The van der Waals surface area contributed by atoms with Crippen LogP contribution in [0.25, 0.3) is 0 Å². The average Bonchev–Trinajstić information content (AvgIpc) is 3.03. The highest BCUT2D eigenvalue weighted by Gasteiger charge is 2.23. The van der Waals surface area contributed by atoms with E-state index in [1.807, 2.05) is 29.4 Å². The van der Waals surface area contributed by atoms with Crippen molar-refractivity contribution in [1.29, 1.82) is 0 Å². The van der Waals surface area contributed by atoms with Gasteiger partial charge in [-0.3, -0.25) is 14.7 Å². The fourth-order valence-corrected chi connectivity index (χ4v) is 2.74. The van der Waals surface area contributed by atoms with Gasteiger partial charge in [0.05, 0.1) is 6.54 Å². The molecule has 6 heteroatoms. The molecule has 3 rings (SSSR count). The minimum absolute atomic E-state index is 0.0234. The van der Waals surface area contributed by atoms with Crippen LogP contribution in [0.15, 0.2) is 36.8 Å². The zero-order chi connectivity index (χ0) is 15.4. The van der Waals surface area contributed by atoms with Crippen LogP contribution >= 0.6 is 0 Å². The van der Waals surface area contributed by atoms with Crippen LogP contribution in [-0.2, 0) is 13.1 Å². The zero-order valence-corrected chi connectivity index (χ0v) is 12.9. The van der Waals surface area contributed by atoms with Crippen molar-refractivity contribution in [2.24, 2.45) is 0 Å². The predicted molar refractivity (Wildman–Crippen MR) is 83.3 cm³/mol. The summed E-state index contributed by atoms with van der Waals surface area (Å²) in [6.45, 7) is 7.11. The molecule has 1 aliphatic heterocycles. The predicted octanol–water partition coefficient (Wildman–Crippen LogP) is 1.26. The quantitative estimate of drug-likeness (QED) is 0.853. The van der Waals surface area contributed by atoms with Crippen LogP contribution < -0.4 is 0 Å². The topological polar surface area (TPSA) is 54.3 Å². The molecule has 0 N–H and O–H groups in total. The molecule has 3 heterocycles. The maximum absolute atomic E-state index is 12.4. The van der Waals surface area contributed by atoms with E-state index in [9.17, 15) is 4.79 Å². The Morgan fingerprint density at radius 2 is 1.95 bits per heavy atom. The first-order chi connectivity index (χ1) is 10.8. The van der Waals surface area contributed by atoms with Crippen LogP contribution in [-0.4, -0.2) is 56.4 Å². The SMILES string of the molecule is CCn1ccnc1CN1CCN(C(=O)c2ccccn2)CC1. The van der Waals surface area contributed by atoms with E-state index >= 15 is 0 Å². The number of carbonyl (C=O) groups is 1. The molecule has 2 aromatic heterocycles. The maximum atomic E-state index is 12.4. The molecule has 2 aromatic rings. The van der Waals surface area contributed by atoms with Crippen molar-refractivity contribution in [2.75, 3.05) is 26.2 Å². The Labute approximate surface area is 130 Å². The summed E-state index contributed by atoms with van der Waals surface area (Å²) in [6, 6.07) is 5.44. The van der Waals surface area contributed by atoms with Gasteiger partial charge in [0, 0.05) is 51.3 Å². The Morgan fingerprint density at radius 3 is 2.64 bits per heavy atom. The number of aromatic nitrogens is 3. The normalized spacial score (nSPS) is 16.0. The molecule has 0 radical (unpaired) electrons. The summed E-state index contributed by atoms with van der Waals surface area (Å²) in [6.07, 6.45) is 5.52. The van der Waals surface area contributed by atoms with Crippen LogP contribution in [0.1, 0.15) is 23.2 Å². The van der Waals surface area contributed by atoms with Crippen molar-refractivity contribution in [3.05, 3.63) is 48.3 Å². The van der Waals surface area contributed by atoms with Gasteiger partial charge in [-0.05, 0) is 19.1 Å². The Morgan fingerprint density at radius 1 is 1.14 bits per heavy atom. The summed E-state index contributed by atoms with van der Waals surface area (Å²) < 4.78 is 2.16. The zero-order valence-electron chi connectivity index (χ0n) is 12.9. The molecule has 0 spiro atoms. The Hall–Kier alpha value is -2.21. The molecule has 0 aromatic carbocycles. The van der Waals surface area contributed by atoms with E-state index in [1.165, 1.54) is 0 Å². The Balaban J connectivity index is 1.55. The molecule has 1 amide bonds. The van der Waals surface area contributed by atoms with Crippen LogP contribution in [0.3, 0.4) is 0 Å². The van der Waals surface area contributed by atoms with Crippen LogP contribution in [0.2, 0.25) is 0 Å². The molecule has 0 unspecified atom stereocenters. The highest BCUT2D eigenvalue weighted by molar-refractivity contribution is 5.92. The second-order valence-electron chi connectivity index (χ2n) is 5.41. The van der Waals surface area contributed by atoms with Gasteiger partial charge in [-0.2, -0.15) is 0 Å². The number of hydrogen-bond donors (Lipinski definition) is 0. The lowest BCUT2D eigenvalue weighted by Crippen LogP contribution is -2.48. The first-order valence-corrected chi connectivity index (χ1v) is 7.70.